The summed E-state index contributed by atoms with van der Waals surface area (Å²) in [6.45, 7) is 3.16. The number of guanidine groups is 1. The van der Waals surface area contributed by atoms with E-state index in [2.05, 4.69) is 63.6 Å². The molecule has 1 aromatic carbocycles. The standard InChI is InChI=1S/C20H30N6O.HI/c1-21-20(22-10-9-16-5-7-18(8-6-16)24(2)3)26-11-12-27-19(15-26)17-13-23-25(4)14-17;/h5-8,13-14,19H,9-12,15H2,1-4H3,(H,21,22);1H. The summed E-state index contributed by atoms with van der Waals surface area (Å²) in [5, 5.41) is 7.74. The highest BCUT2D eigenvalue weighted by molar-refractivity contribution is 14.0. The topological polar surface area (TPSA) is 57.9 Å². The van der Waals surface area contributed by atoms with Gasteiger partial charge >= 0.3 is 0 Å². The molecule has 8 heteroatoms. The minimum Gasteiger partial charge on any atom is -0.378 e. The van der Waals surface area contributed by atoms with Crippen LogP contribution in [0, 0.1) is 0 Å². The van der Waals surface area contributed by atoms with Gasteiger partial charge in [-0.2, -0.15) is 5.10 Å². The van der Waals surface area contributed by atoms with Crippen molar-refractivity contribution in [3.8, 4) is 0 Å². The molecule has 1 unspecified atom stereocenters. The van der Waals surface area contributed by atoms with Crippen LogP contribution in [0.5, 0.6) is 0 Å². The molecule has 2 heterocycles. The van der Waals surface area contributed by atoms with Crippen molar-refractivity contribution in [2.45, 2.75) is 12.5 Å². The maximum atomic E-state index is 5.92. The van der Waals surface area contributed by atoms with Crippen molar-refractivity contribution < 1.29 is 4.74 Å². The third kappa shape index (κ3) is 5.84. The van der Waals surface area contributed by atoms with Crippen molar-refractivity contribution in [3.05, 3.63) is 47.8 Å². The van der Waals surface area contributed by atoms with E-state index in [0.717, 1.165) is 37.6 Å². The molecule has 1 aliphatic heterocycles. The maximum absolute atomic E-state index is 5.92. The first kappa shape index (κ1) is 22.5. The molecule has 1 saturated heterocycles. The quantitative estimate of drug-likeness (QED) is 0.390. The lowest BCUT2D eigenvalue weighted by atomic mass is 10.1. The van der Waals surface area contributed by atoms with Crippen LogP contribution in [0.1, 0.15) is 17.2 Å². The number of morpholine rings is 1. The van der Waals surface area contributed by atoms with Crippen molar-refractivity contribution >= 4 is 35.6 Å². The summed E-state index contributed by atoms with van der Waals surface area (Å²) in [7, 11) is 7.88. The molecule has 154 valence electrons. The lowest BCUT2D eigenvalue weighted by Crippen LogP contribution is -2.48. The van der Waals surface area contributed by atoms with Crippen LogP contribution < -0.4 is 10.2 Å². The normalized spacial score (nSPS) is 17.2. The Morgan fingerprint density at radius 3 is 2.68 bits per heavy atom. The Balaban J connectivity index is 0.00000280. The third-order valence-corrected chi connectivity index (χ3v) is 4.82. The first-order valence-electron chi connectivity index (χ1n) is 9.39. The first-order chi connectivity index (χ1) is 13.1. The molecule has 1 N–H and O–H groups in total. The maximum Gasteiger partial charge on any atom is 0.193 e. The van der Waals surface area contributed by atoms with Gasteiger partial charge in [0.2, 0.25) is 0 Å². The number of aliphatic imine (C=N–C) groups is 1. The number of anilines is 1. The molecule has 0 saturated carbocycles. The number of rotatable bonds is 5. The number of hydrogen-bond donors (Lipinski definition) is 1. The molecular weight excluding hydrogens is 467 g/mol. The summed E-state index contributed by atoms with van der Waals surface area (Å²) in [5.74, 6) is 0.928. The summed E-state index contributed by atoms with van der Waals surface area (Å²) in [6, 6.07) is 8.69. The molecule has 7 nitrogen and oxygen atoms in total. The molecule has 0 bridgehead atoms. The Morgan fingerprint density at radius 1 is 1.32 bits per heavy atom. The molecule has 1 aliphatic rings. The molecule has 2 aromatic rings. The molecule has 1 atom stereocenters. The second-order valence-corrected chi connectivity index (χ2v) is 7.04. The molecule has 0 spiro atoms. The van der Waals surface area contributed by atoms with Crippen LogP contribution in [0.3, 0.4) is 0 Å². The highest BCUT2D eigenvalue weighted by Gasteiger charge is 2.24. The molecule has 28 heavy (non-hydrogen) atoms. The Morgan fingerprint density at radius 2 is 2.07 bits per heavy atom. The molecule has 1 aromatic heterocycles. The van der Waals surface area contributed by atoms with Gasteiger partial charge in [0.25, 0.3) is 0 Å². The van der Waals surface area contributed by atoms with Crippen LogP contribution in [-0.2, 0) is 18.2 Å². The number of ether oxygens (including phenoxy) is 1. The third-order valence-electron chi connectivity index (χ3n) is 4.82. The van der Waals surface area contributed by atoms with Crippen LogP contribution in [0.15, 0.2) is 41.7 Å². The summed E-state index contributed by atoms with van der Waals surface area (Å²) < 4.78 is 7.74. The van der Waals surface area contributed by atoms with E-state index in [1.165, 1.54) is 11.3 Å². The van der Waals surface area contributed by atoms with E-state index in [1.54, 1.807) is 0 Å². The highest BCUT2D eigenvalue weighted by atomic mass is 127. The van der Waals surface area contributed by atoms with Crippen LogP contribution in [0.2, 0.25) is 0 Å². The van der Waals surface area contributed by atoms with Gasteiger partial charge in [-0.1, -0.05) is 12.1 Å². The Kier molecular flexibility index (Phi) is 8.56. The fourth-order valence-corrected chi connectivity index (χ4v) is 3.26. The lowest BCUT2D eigenvalue weighted by molar-refractivity contribution is -0.00800. The van der Waals surface area contributed by atoms with Gasteiger partial charge in [0.1, 0.15) is 6.10 Å². The van der Waals surface area contributed by atoms with E-state index in [4.69, 9.17) is 4.74 Å². The number of halogens is 1. The van der Waals surface area contributed by atoms with E-state index in [0.29, 0.717) is 6.61 Å². The molecule has 3 rings (SSSR count). The zero-order chi connectivity index (χ0) is 19.2. The predicted octanol–water partition coefficient (Wildman–Crippen LogP) is 2.30. The van der Waals surface area contributed by atoms with Gasteiger partial charge in [0.05, 0.1) is 19.3 Å². The SMILES string of the molecule is CN=C(NCCc1ccc(N(C)C)cc1)N1CCOC(c2cnn(C)c2)C1.I. The van der Waals surface area contributed by atoms with Crippen molar-refractivity contribution in [1.82, 2.24) is 20.0 Å². The molecule has 1 fully saturated rings. The number of nitrogens with one attached hydrogen (secondary N) is 1. The first-order valence-corrected chi connectivity index (χ1v) is 9.39. The average Bonchev–Trinajstić information content (AvgIpc) is 3.12. The number of aryl methyl sites for hydroxylation is 1. The number of nitrogens with zero attached hydrogens (tertiary/aromatic N) is 5. The van der Waals surface area contributed by atoms with E-state index >= 15 is 0 Å². The zero-order valence-corrected chi connectivity index (χ0v) is 19.5. The monoisotopic (exact) mass is 498 g/mol. The van der Waals surface area contributed by atoms with Crippen molar-refractivity contribution in [1.29, 1.82) is 0 Å². The lowest BCUT2D eigenvalue weighted by Gasteiger charge is -2.34. The van der Waals surface area contributed by atoms with Gasteiger partial charge in [-0.3, -0.25) is 9.67 Å². The van der Waals surface area contributed by atoms with E-state index < -0.39 is 0 Å². The number of aromatic nitrogens is 2. The van der Waals surface area contributed by atoms with Crippen LogP contribution in [0.25, 0.3) is 0 Å². The van der Waals surface area contributed by atoms with Crippen LogP contribution in [0.4, 0.5) is 5.69 Å². The Hall–Kier alpha value is -1.81. The molecular formula is C20H31IN6O. The largest absolute Gasteiger partial charge is 0.378 e. The van der Waals surface area contributed by atoms with E-state index in [-0.39, 0.29) is 30.1 Å². The van der Waals surface area contributed by atoms with Crippen LogP contribution >= 0.6 is 24.0 Å². The molecule has 0 aliphatic carbocycles. The summed E-state index contributed by atoms with van der Waals surface area (Å²) in [4.78, 5) is 8.83. The van der Waals surface area contributed by atoms with Gasteiger partial charge < -0.3 is 19.9 Å². The Bertz CT molecular complexity index is 758. The second-order valence-electron chi connectivity index (χ2n) is 7.04. The summed E-state index contributed by atoms with van der Waals surface area (Å²) in [5.41, 5.74) is 3.65. The molecule has 0 amide bonds. The minimum atomic E-state index is 0. The summed E-state index contributed by atoms with van der Waals surface area (Å²) in [6.07, 6.45) is 4.89. The fraction of sp³-hybridized carbons (Fsp3) is 0.500. The number of benzene rings is 1. The van der Waals surface area contributed by atoms with Gasteiger partial charge in [0, 0.05) is 58.7 Å². The smallest absolute Gasteiger partial charge is 0.193 e. The molecule has 0 radical (unpaired) electrons. The second kappa shape index (κ2) is 10.7. The minimum absolute atomic E-state index is 0. The van der Waals surface area contributed by atoms with Gasteiger partial charge in [-0.25, -0.2) is 0 Å². The predicted molar refractivity (Wildman–Crippen MR) is 125 cm³/mol. The van der Waals surface area contributed by atoms with Crippen molar-refractivity contribution in [2.24, 2.45) is 12.0 Å². The Labute approximate surface area is 184 Å². The number of hydrogen-bond acceptors (Lipinski definition) is 4. The van der Waals surface area contributed by atoms with Gasteiger partial charge in [-0.15, -0.1) is 24.0 Å². The summed E-state index contributed by atoms with van der Waals surface area (Å²) >= 11 is 0. The van der Waals surface area contributed by atoms with E-state index in [1.807, 2.05) is 31.2 Å². The van der Waals surface area contributed by atoms with Gasteiger partial charge in [0.15, 0.2) is 5.96 Å². The van der Waals surface area contributed by atoms with Crippen molar-refractivity contribution in [3.63, 3.8) is 0 Å². The average molecular weight is 498 g/mol. The van der Waals surface area contributed by atoms with Gasteiger partial charge in [-0.05, 0) is 24.1 Å². The van der Waals surface area contributed by atoms with E-state index in [9.17, 15) is 0 Å². The van der Waals surface area contributed by atoms with Crippen LogP contribution in [-0.4, -0.2) is 68.0 Å². The zero-order valence-electron chi connectivity index (χ0n) is 17.1. The fourth-order valence-electron chi connectivity index (χ4n) is 3.26. The highest BCUT2D eigenvalue weighted by Crippen LogP contribution is 2.21. The van der Waals surface area contributed by atoms with Crippen molar-refractivity contribution in [2.75, 3.05) is 52.3 Å².